The van der Waals surface area contributed by atoms with E-state index in [9.17, 15) is 45.6 Å². The average molecular weight is 1180 g/mol. The minimum absolute atomic E-state index is 0.246. The molecular weight excluding hydrogens is 1050 g/mol. The van der Waals surface area contributed by atoms with Crippen LogP contribution in [-0.4, -0.2) is 140 Å². The molecule has 9 N–H and O–H groups in total. The summed E-state index contributed by atoms with van der Waals surface area (Å²) in [6.07, 6.45) is 53.0. The van der Waals surface area contributed by atoms with Gasteiger partial charge in [-0.25, -0.2) is 0 Å². The second kappa shape index (κ2) is 54.1. The molecule has 0 saturated carbocycles. The monoisotopic (exact) mass is 1180 g/mol. The Morgan fingerprint density at radius 2 is 0.807 bits per heavy atom. The fraction of sp³-hybridized carbons (Fsp3) is 0.870. The molecule has 2 heterocycles. The summed E-state index contributed by atoms with van der Waals surface area (Å²) in [5, 5.41) is 87.4. The summed E-state index contributed by atoms with van der Waals surface area (Å²) in [5.74, 6) is -0.246. The fourth-order valence-electron chi connectivity index (χ4n) is 11.2. The topological polar surface area (TPSA) is 228 Å². The molecule has 14 nitrogen and oxygen atoms in total. The molecule has 1 amide bonds. The first-order valence-corrected chi connectivity index (χ1v) is 34.4. The number of unbranched alkanes of at least 4 members (excludes halogenated alkanes) is 37. The van der Waals surface area contributed by atoms with Crippen LogP contribution in [0.4, 0.5) is 0 Å². The van der Waals surface area contributed by atoms with Gasteiger partial charge < -0.3 is 65.1 Å². The number of allylic oxidation sites excluding steroid dienone is 7. The molecule has 0 spiro atoms. The minimum Gasteiger partial charge on any atom is -0.394 e. The SMILES string of the molecule is CCCCCCC/C=C\C/C=C\CCCCCCCCCCCCCCCCCC(=O)NC(COC1OC(CO)C(OC2OC(CO)C(O)C(O)C2O)C(O)C1O)C(O)/C=C/CC/C=C/CCCCCCCCCCCCCCCCCC. The Morgan fingerprint density at radius 3 is 1.25 bits per heavy atom. The van der Waals surface area contributed by atoms with Gasteiger partial charge in [0.05, 0.1) is 32.0 Å². The molecule has 0 radical (unpaired) electrons. The van der Waals surface area contributed by atoms with Gasteiger partial charge in [-0.3, -0.25) is 4.79 Å². The maximum absolute atomic E-state index is 13.3. The maximum Gasteiger partial charge on any atom is 0.220 e. The zero-order valence-corrected chi connectivity index (χ0v) is 52.7. The highest BCUT2D eigenvalue weighted by atomic mass is 16.7. The van der Waals surface area contributed by atoms with E-state index < -0.39 is 86.8 Å². The normalized spacial score (nSPS) is 24.1. The highest BCUT2D eigenvalue weighted by Crippen LogP contribution is 2.30. The molecule has 0 bridgehead atoms. The van der Waals surface area contributed by atoms with Crippen molar-refractivity contribution in [2.24, 2.45) is 0 Å². The van der Waals surface area contributed by atoms with Crippen molar-refractivity contribution in [3.05, 3.63) is 48.6 Å². The molecule has 2 aliphatic heterocycles. The van der Waals surface area contributed by atoms with Crippen LogP contribution in [0.2, 0.25) is 0 Å². The Balaban J connectivity index is 1.70. The third-order valence-electron chi connectivity index (χ3n) is 16.7. The highest BCUT2D eigenvalue weighted by Gasteiger charge is 2.51. The molecule has 83 heavy (non-hydrogen) atoms. The summed E-state index contributed by atoms with van der Waals surface area (Å²) in [6, 6.07) is -0.933. The Morgan fingerprint density at radius 1 is 0.434 bits per heavy atom. The first-order chi connectivity index (χ1) is 40.6. The summed E-state index contributed by atoms with van der Waals surface area (Å²) in [6.45, 7) is 2.81. The van der Waals surface area contributed by atoms with Crippen LogP contribution >= 0.6 is 0 Å². The number of hydrogen-bond acceptors (Lipinski definition) is 13. The molecule has 2 aliphatic rings. The van der Waals surface area contributed by atoms with Crippen molar-refractivity contribution in [3.63, 3.8) is 0 Å². The molecule has 2 rings (SSSR count). The largest absolute Gasteiger partial charge is 0.394 e. The van der Waals surface area contributed by atoms with Gasteiger partial charge in [-0.2, -0.15) is 0 Å². The lowest BCUT2D eigenvalue weighted by molar-refractivity contribution is -0.359. The molecule has 2 fully saturated rings. The predicted molar refractivity (Wildman–Crippen MR) is 337 cm³/mol. The third kappa shape index (κ3) is 38.8. The van der Waals surface area contributed by atoms with Crippen molar-refractivity contribution in [3.8, 4) is 0 Å². The van der Waals surface area contributed by atoms with Crippen LogP contribution in [0.25, 0.3) is 0 Å². The lowest BCUT2D eigenvalue weighted by atomic mass is 9.97. The second-order valence-electron chi connectivity index (χ2n) is 24.3. The van der Waals surface area contributed by atoms with E-state index in [1.165, 1.54) is 218 Å². The van der Waals surface area contributed by atoms with Gasteiger partial charge in [0.15, 0.2) is 12.6 Å². The zero-order chi connectivity index (χ0) is 60.2. The van der Waals surface area contributed by atoms with Crippen molar-refractivity contribution in [1.29, 1.82) is 0 Å². The van der Waals surface area contributed by atoms with E-state index in [0.717, 1.165) is 38.5 Å². The molecule has 486 valence electrons. The van der Waals surface area contributed by atoms with Crippen LogP contribution in [0.15, 0.2) is 48.6 Å². The fourth-order valence-corrected chi connectivity index (χ4v) is 11.2. The zero-order valence-electron chi connectivity index (χ0n) is 52.7. The maximum atomic E-state index is 13.3. The van der Waals surface area contributed by atoms with Gasteiger partial charge in [0.1, 0.15) is 48.8 Å². The first kappa shape index (κ1) is 77.0. The number of nitrogens with one attached hydrogen (secondary N) is 1. The van der Waals surface area contributed by atoms with Gasteiger partial charge in [-0.15, -0.1) is 0 Å². The van der Waals surface area contributed by atoms with Gasteiger partial charge in [-0.1, -0.05) is 268 Å². The molecule has 14 heteroatoms. The van der Waals surface area contributed by atoms with Gasteiger partial charge in [0, 0.05) is 6.42 Å². The molecule has 12 unspecified atom stereocenters. The minimum atomic E-state index is -1.79. The van der Waals surface area contributed by atoms with E-state index in [4.69, 9.17) is 18.9 Å². The summed E-state index contributed by atoms with van der Waals surface area (Å²) in [7, 11) is 0. The van der Waals surface area contributed by atoms with Gasteiger partial charge in [0.2, 0.25) is 5.91 Å². The van der Waals surface area contributed by atoms with Gasteiger partial charge in [-0.05, 0) is 64.2 Å². The molecule has 12 atom stereocenters. The van der Waals surface area contributed by atoms with E-state index in [1.807, 2.05) is 6.08 Å². The number of ether oxygens (including phenoxy) is 4. The number of amides is 1. The molecule has 0 aromatic rings. The van der Waals surface area contributed by atoms with Crippen molar-refractivity contribution in [1.82, 2.24) is 5.32 Å². The summed E-state index contributed by atoms with van der Waals surface area (Å²) in [5.41, 5.74) is 0. The van der Waals surface area contributed by atoms with Crippen molar-refractivity contribution in [2.45, 2.75) is 364 Å². The average Bonchev–Trinajstić information content (AvgIpc) is 3.65. The van der Waals surface area contributed by atoms with Crippen molar-refractivity contribution in [2.75, 3.05) is 19.8 Å². The molecule has 0 aliphatic carbocycles. The van der Waals surface area contributed by atoms with Crippen LogP contribution < -0.4 is 5.32 Å². The predicted octanol–water partition coefficient (Wildman–Crippen LogP) is 13.5. The van der Waals surface area contributed by atoms with E-state index in [1.54, 1.807) is 6.08 Å². The van der Waals surface area contributed by atoms with E-state index in [-0.39, 0.29) is 18.9 Å². The highest BCUT2D eigenvalue weighted by molar-refractivity contribution is 5.76. The number of carbonyl (C=O) groups is 1. The van der Waals surface area contributed by atoms with Crippen LogP contribution in [0.1, 0.15) is 290 Å². The number of aliphatic hydroxyl groups excluding tert-OH is 8. The number of aliphatic hydroxyl groups is 8. The quantitative estimate of drug-likeness (QED) is 0.0204. The van der Waals surface area contributed by atoms with Crippen LogP contribution in [0, 0.1) is 0 Å². The molecular formula is C69H127NO13. The van der Waals surface area contributed by atoms with Gasteiger partial charge >= 0.3 is 0 Å². The standard InChI is InChI=1S/C69H127NO13/c1-3-5-7-9-11-13-15-17-19-21-23-25-27-28-29-30-31-33-35-37-39-41-43-45-47-49-51-53-61(74)70-57(56-80-68-66(79)64(77)67(60(55-72)82-68)83-69-65(78)63(76)62(75)59(54-71)81-69)58(73)52-50-48-46-44-42-40-38-36-34-32-26-24-22-20-18-16-14-12-10-8-6-4-2/h15,17,21,23,42,44,50,52,57-60,62-69,71-73,75-79H,3-14,16,18-20,22,24-41,43,45-49,51,53-56H2,1-2H3,(H,70,74)/b17-15-,23-21-,44-42+,52-50+. The van der Waals surface area contributed by atoms with Crippen molar-refractivity contribution < 1.29 is 64.6 Å². The Labute approximate surface area is 505 Å². The number of rotatable bonds is 56. The van der Waals surface area contributed by atoms with Crippen LogP contribution in [-0.2, 0) is 23.7 Å². The molecule has 0 aromatic heterocycles. The second-order valence-corrected chi connectivity index (χ2v) is 24.3. The Bertz CT molecular complexity index is 1580. The van der Waals surface area contributed by atoms with E-state index in [2.05, 4.69) is 55.6 Å². The third-order valence-corrected chi connectivity index (χ3v) is 16.7. The van der Waals surface area contributed by atoms with Crippen molar-refractivity contribution >= 4 is 5.91 Å². The number of hydrogen-bond donors (Lipinski definition) is 9. The van der Waals surface area contributed by atoms with Crippen LogP contribution in [0.3, 0.4) is 0 Å². The lowest BCUT2D eigenvalue weighted by Crippen LogP contribution is -2.65. The van der Waals surface area contributed by atoms with Gasteiger partial charge in [0.25, 0.3) is 0 Å². The molecule has 2 saturated heterocycles. The Hall–Kier alpha value is -2.05. The lowest BCUT2D eigenvalue weighted by Gasteiger charge is -2.46. The van der Waals surface area contributed by atoms with Crippen LogP contribution in [0.5, 0.6) is 0 Å². The van der Waals surface area contributed by atoms with E-state index in [0.29, 0.717) is 12.8 Å². The summed E-state index contributed by atoms with van der Waals surface area (Å²) >= 11 is 0. The Kier molecular flexibility index (Phi) is 50.2. The molecule has 0 aromatic carbocycles. The number of carbonyl (C=O) groups excluding carboxylic acids is 1. The smallest absolute Gasteiger partial charge is 0.220 e. The van der Waals surface area contributed by atoms with E-state index >= 15 is 0 Å². The summed E-state index contributed by atoms with van der Waals surface area (Å²) < 4.78 is 22.8. The first-order valence-electron chi connectivity index (χ1n) is 34.4. The summed E-state index contributed by atoms with van der Waals surface area (Å²) in [4.78, 5) is 13.3.